The highest BCUT2D eigenvalue weighted by molar-refractivity contribution is 6.05. The number of aliphatic hydroxyl groups excluding tert-OH is 1. The van der Waals surface area contributed by atoms with Gasteiger partial charge in [-0.05, 0) is 78.8 Å². The van der Waals surface area contributed by atoms with Crippen LogP contribution < -0.4 is 21.4 Å². The molecule has 1 aliphatic rings. The van der Waals surface area contributed by atoms with Crippen LogP contribution in [-0.2, 0) is 6.54 Å². The van der Waals surface area contributed by atoms with Crippen LogP contribution in [0, 0.1) is 5.53 Å². The van der Waals surface area contributed by atoms with Gasteiger partial charge in [-0.1, -0.05) is 55.7 Å². The summed E-state index contributed by atoms with van der Waals surface area (Å²) in [5.41, 5.74) is 11.4. The second-order valence-electron chi connectivity index (χ2n) is 9.96. The average Bonchev–Trinajstić information content (AvgIpc) is 2.99. The number of guanidine groups is 1. The van der Waals surface area contributed by atoms with E-state index in [0.29, 0.717) is 22.7 Å². The van der Waals surface area contributed by atoms with E-state index in [1.807, 2.05) is 12.1 Å². The van der Waals surface area contributed by atoms with Crippen molar-refractivity contribution in [3.63, 3.8) is 0 Å². The van der Waals surface area contributed by atoms with Crippen LogP contribution >= 0.6 is 0 Å². The molecule has 0 bridgehead atoms. The maximum absolute atomic E-state index is 13.6. The molecule has 1 unspecified atom stereocenters. The van der Waals surface area contributed by atoms with Crippen molar-refractivity contribution >= 4 is 29.3 Å². The van der Waals surface area contributed by atoms with Crippen LogP contribution in [0.25, 0.3) is 0 Å². The number of carbonyl (C=O) groups is 2. The molecule has 0 aliphatic heterocycles. The van der Waals surface area contributed by atoms with E-state index in [0.717, 1.165) is 11.3 Å². The minimum absolute atomic E-state index is 0.254. The summed E-state index contributed by atoms with van der Waals surface area (Å²) in [4.78, 5) is 27.6. The molecule has 1 saturated carbocycles. The van der Waals surface area contributed by atoms with E-state index in [1.54, 1.807) is 60.4 Å². The maximum atomic E-state index is 13.6. The Bertz CT molecular complexity index is 1350. The second-order valence-corrected chi connectivity index (χ2v) is 9.96. The molecule has 208 valence electrons. The van der Waals surface area contributed by atoms with E-state index in [4.69, 9.17) is 11.4 Å². The first-order chi connectivity index (χ1) is 19.4. The van der Waals surface area contributed by atoms with E-state index in [-0.39, 0.29) is 18.5 Å². The van der Waals surface area contributed by atoms with Crippen molar-refractivity contribution in [2.45, 2.75) is 57.6 Å². The van der Waals surface area contributed by atoms with Crippen molar-refractivity contribution in [1.29, 1.82) is 5.53 Å². The molecule has 0 spiro atoms. The Kier molecular flexibility index (Phi) is 9.58. The first kappa shape index (κ1) is 28.4. The number of hydrogen-bond acceptors (Lipinski definition) is 6. The normalized spacial score (nSPS) is 14.7. The predicted molar refractivity (Wildman–Crippen MR) is 155 cm³/mol. The summed E-state index contributed by atoms with van der Waals surface area (Å²) >= 11 is 0. The summed E-state index contributed by atoms with van der Waals surface area (Å²) in [6.07, 6.45) is 5.52. The zero-order valence-corrected chi connectivity index (χ0v) is 22.5. The lowest BCUT2D eigenvalue weighted by atomic mass is 9.84. The lowest BCUT2D eigenvalue weighted by Crippen LogP contribution is -2.34. The minimum atomic E-state index is -0.655. The van der Waals surface area contributed by atoms with E-state index in [2.05, 4.69) is 33.0 Å². The number of amides is 3. The molecule has 40 heavy (non-hydrogen) atoms. The molecule has 0 radical (unpaired) electrons. The van der Waals surface area contributed by atoms with E-state index < -0.39 is 12.0 Å². The Labute approximate surface area is 233 Å². The molecular formula is C30H35N7O3. The molecule has 6 N–H and O–H groups in total. The number of hydrogen-bond donors (Lipinski definition) is 5. The molecule has 1 fully saturated rings. The topological polar surface area (TPSA) is 156 Å². The number of urea groups is 1. The Balaban J connectivity index is 1.56. The fourth-order valence-corrected chi connectivity index (χ4v) is 4.92. The summed E-state index contributed by atoms with van der Waals surface area (Å²) in [6.45, 7) is 1.93. The Morgan fingerprint density at radius 1 is 1.05 bits per heavy atom. The van der Waals surface area contributed by atoms with Crippen molar-refractivity contribution < 1.29 is 14.7 Å². The molecule has 10 heteroatoms. The lowest BCUT2D eigenvalue weighted by molar-refractivity contribution is 0.0976. The number of nitrogens with one attached hydrogen (secondary N) is 3. The summed E-state index contributed by atoms with van der Waals surface area (Å²) in [7, 11) is 0. The number of rotatable bonds is 7. The van der Waals surface area contributed by atoms with Crippen molar-refractivity contribution in [3.05, 3.63) is 95.1 Å². The molecule has 0 heterocycles. The van der Waals surface area contributed by atoms with Gasteiger partial charge in [0.15, 0.2) is 0 Å². The molecule has 10 nitrogen and oxygen atoms in total. The van der Waals surface area contributed by atoms with Gasteiger partial charge in [0.2, 0.25) is 0 Å². The quantitative estimate of drug-likeness (QED) is 0.0815. The van der Waals surface area contributed by atoms with Gasteiger partial charge in [0, 0.05) is 16.9 Å². The van der Waals surface area contributed by atoms with Crippen molar-refractivity contribution in [2.75, 3.05) is 10.2 Å². The third kappa shape index (κ3) is 7.29. The van der Waals surface area contributed by atoms with E-state index in [9.17, 15) is 14.7 Å². The van der Waals surface area contributed by atoms with Crippen LogP contribution in [-0.4, -0.2) is 23.0 Å². The zero-order valence-electron chi connectivity index (χ0n) is 22.5. The average molecular weight is 542 g/mol. The van der Waals surface area contributed by atoms with Crippen LogP contribution in [0.15, 0.2) is 83.0 Å². The molecule has 3 amide bonds. The SMILES string of the molecule is CC(O)c1cccc(NC(=O)N(Cc2ccc(C(=O)N/C(N=N)=N/N)cc2)c2ccc(C3CCCCC3)cc2)c1. The summed E-state index contributed by atoms with van der Waals surface area (Å²) in [5, 5.41) is 21.5. The van der Waals surface area contributed by atoms with E-state index >= 15 is 0 Å². The fourth-order valence-electron chi connectivity index (χ4n) is 4.92. The molecule has 1 atom stereocenters. The maximum Gasteiger partial charge on any atom is 0.326 e. The highest BCUT2D eigenvalue weighted by atomic mass is 16.3. The number of nitrogens with two attached hydrogens (primary N) is 1. The van der Waals surface area contributed by atoms with Gasteiger partial charge in [-0.3, -0.25) is 15.0 Å². The number of carbonyl (C=O) groups excluding carboxylic acids is 2. The third-order valence-corrected chi connectivity index (χ3v) is 7.16. The van der Waals surface area contributed by atoms with Gasteiger partial charge in [-0.25, -0.2) is 10.3 Å². The van der Waals surface area contributed by atoms with Crippen LogP contribution in [0.4, 0.5) is 16.2 Å². The van der Waals surface area contributed by atoms with Crippen LogP contribution in [0.2, 0.25) is 0 Å². The van der Waals surface area contributed by atoms with Gasteiger partial charge in [0.05, 0.1) is 12.6 Å². The molecule has 0 aromatic heterocycles. The minimum Gasteiger partial charge on any atom is -0.389 e. The Hall–Kier alpha value is -4.57. The highest BCUT2D eigenvalue weighted by Gasteiger charge is 2.20. The monoisotopic (exact) mass is 541 g/mol. The number of benzene rings is 3. The third-order valence-electron chi connectivity index (χ3n) is 7.16. The zero-order chi connectivity index (χ0) is 28.5. The fraction of sp³-hybridized carbons (Fsp3) is 0.300. The van der Waals surface area contributed by atoms with Crippen LogP contribution in [0.3, 0.4) is 0 Å². The largest absolute Gasteiger partial charge is 0.389 e. The number of anilines is 2. The van der Waals surface area contributed by atoms with Gasteiger partial charge in [0.25, 0.3) is 11.9 Å². The lowest BCUT2D eigenvalue weighted by Gasteiger charge is -2.26. The van der Waals surface area contributed by atoms with Gasteiger partial charge >= 0.3 is 6.03 Å². The number of hydrazone groups is 1. The van der Waals surface area contributed by atoms with Gasteiger partial charge in [-0.2, -0.15) is 0 Å². The number of nitrogens with zero attached hydrogens (tertiary/aromatic N) is 3. The van der Waals surface area contributed by atoms with Gasteiger partial charge in [-0.15, -0.1) is 10.2 Å². The van der Waals surface area contributed by atoms with Crippen molar-refractivity contribution in [3.8, 4) is 0 Å². The number of aliphatic hydroxyl groups is 1. The molecule has 1 aliphatic carbocycles. The molecule has 3 aromatic carbocycles. The molecule has 3 aromatic rings. The smallest absolute Gasteiger partial charge is 0.326 e. The standard InChI is InChI=1S/C30H35N7O3/c1-20(38)25-8-5-9-26(18-25)33-30(40)37(27-16-14-23(15-17-27)22-6-3-2-4-7-22)19-21-10-12-24(13-11-21)28(39)34-29(35-31)36-32/h5,8-18,20,22,31,38H,2-4,6-7,19,32H2,1H3,(H,33,40)(H,34,36,39). The predicted octanol–water partition coefficient (Wildman–Crippen LogP) is 6.02. The highest BCUT2D eigenvalue weighted by Crippen LogP contribution is 2.33. The van der Waals surface area contributed by atoms with Crippen LogP contribution in [0.5, 0.6) is 0 Å². The van der Waals surface area contributed by atoms with Crippen LogP contribution in [0.1, 0.15) is 78.1 Å². The summed E-state index contributed by atoms with van der Waals surface area (Å²) < 4.78 is 0. The summed E-state index contributed by atoms with van der Waals surface area (Å²) in [5.74, 6) is 4.86. The first-order valence-electron chi connectivity index (χ1n) is 13.4. The van der Waals surface area contributed by atoms with E-state index in [1.165, 1.54) is 37.7 Å². The van der Waals surface area contributed by atoms with Crippen molar-refractivity contribution in [2.24, 2.45) is 16.1 Å². The second kappa shape index (κ2) is 13.5. The molecular weight excluding hydrogens is 506 g/mol. The first-order valence-corrected chi connectivity index (χ1v) is 13.4. The molecule has 0 saturated heterocycles. The van der Waals surface area contributed by atoms with Gasteiger partial charge < -0.3 is 16.3 Å². The summed E-state index contributed by atoms with van der Waals surface area (Å²) in [6, 6.07) is 21.8. The Morgan fingerprint density at radius 3 is 2.38 bits per heavy atom. The van der Waals surface area contributed by atoms with Crippen molar-refractivity contribution in [1.82, 2.24) is 5.32 Å². The van der Waals surface area contributed by atoms with Gasteiger partial charge in [0.1, 0.15) is 0 Å². The molecule has 4 rings (SSSR count). The Morgan fingerprint density at radius 2 is 1.75 bits per heavy atom.